The maximum absolute atomic E-state index is 11.9. The van der Waals surface area contributed by atoms with E-state index < -0.39 is 0 Å². The van der Waals surface area contributed by atoms with E-state index in [-0.39, 0.29) is 11.9 Å². The average Bonchev–Trinajstić information content (AvgIpc) is 2.40. The number of aromatic nitrogens is 2. The molecule has 0 spiro atoms. The molecule has 1 atom stereocenters. The maximum Gasteiger partial charge on any atom is 0.270 e. The van der Waals surface area contributed by atoms with Crippen molar-refractivity contribution in [2.75, 3.05) is 5.73 Å². The van der Waals surface area contributed by atoms with Crippen LogP contribution in [0.25, 0.3) is 0 Å². The standard InChI is InChI=1S/C13H14N4O/c1-9(10-3-2-6-15-7-10)17-13(18)12-5-4-11(14)8-16-12/h2-9H,14H2,1H3,(H,17,18). The van der Waals surface area contributed by atoms with Crippen molar-refractivity contribution in [3.8, 4) is 0 Å². The molecule has 1 amide bonds. The van der Waals surface area contributed by atoms with Gasteiger partial charge in [0, 0.05) is 12.4 Å². The molecule has 0 saturated heterocycles. The molecule has 0 saturated carbocycles. The molecule has 0 aliphatic carbocycles. The molecule has 2 aromatic heterocycles. The number of carbonyl (C=O) groups is 1. The Balaban J connectivity index is 2.06. The largest absolute Gasteiger partial charge is 0.397 e. The minimum Gasteiger partial charge on any atom is -0.397 e. The van der Waals surface area contributed by atoms with Crippen molar-refractivity contribution in [3.63, 3.8) is 0 Å². The van der Waals surface area contributed by atoms with Crippen LogP contribution >= 0.6 is 0 Å². The van der Waals surface area contributed by atoms with Crippen LogP contribution in [0, 0.1) is 0 Å². The van der Waals surface area contributed by atoms with Crippen LogP contribution in [0.1, 0.15) is 29.0 Å². The Morgan fingerprint density at radius 3 is 2.78 bits per heavy atom. The van der Waals surface area contributed by atoms with Crippen LogP contribution in [0.3, 0.4) is 0 Å². The quantitative estimate of drug-likeness (QED) is 0.855. The predicted octanol–water partition coefficient (Wildman–Crippen LogP) is 1.55. The minimum absolute atomic E-state index is 0.120. The van der Waals surface area contributed by atoms with Gasteiger partial charge in [-0.2, -0.15) is 0 Å². The van der Waals surface area contributed by atoms with E-state index in [0.29, 0.717) is 11.4 Å². The van der Waals surface area contributed by atoms with E-state index in [2.05, 4.69) is 15.3 Å². The summed E-state index contributed by atoms with van der Waals surface area (Å²) in [5.74, 6) is -0.230. The fraction of sp³-hybridized carbons (Fsp3) is 0.154. The Morgan fingerprint density at radius 2 is 2.17 bits per heavy atom. The summed E-state index contributed by atoms with van der Waals surface area (Å²) in [6.45, 7) is 1.90. The number of nitrogen functional groups attached to an aromatic ring is 1. The number of nitrogens with one attached hydrogen (secondary N) is 1. The van der Waals surface area contributed by atoms with Gasteiger partial charge < -0.3 is 11.1 Å². The summed E-state index contributed by atoms with van der Waals surface area (Å²) < 4.78 is 0. The number of nitrogens with two attached hydrogens (primary N) is 1. The molecule has 2 heterocycles. The number of nitrogens with zero attached hydrogens (tertiary/aromatic N) is 2. The number of pyridine rings is 2. The van der Waals surface area contributed by atoms with E-state index >= 15 is 0 Å². The molecule has 0 radical (unpaired) electrons. The first-order chi connectivity index (χ1) is 8.66. The zero-order chi connectivity index (χ0) is 13.0. The third-order valence-corrected chi connectivity index (χ3v) is 2.55. The van der Waals surface area contributed by atoms with Gasteiger partial charge in [0.25, 0.3) is 5.91 Å². The fourth-order valence-electron chi connectivity index (χ4n) is 1.53. The molecule has 18 heavy (non-hydrogen) atoms. The van der Waals surface area contributed by atoms with Crippen LogP contribution < -0.4 is 11.1 Å². The van der Waals surface area contributed by atoms with E-state index in [9.17, 15) is 4.79 Å². The molecule has 0 bridgehead atoms. The van der Waals surface area contributed by atoms with Crippen molar-refractivity contribution in [1.29, 1.82) is 0 Å². The van der Waals surface area contributed by atoms with Gasteiger partial charge in [0.05, 0.1) is 17.9 Å². The molecule has 0 aromatic carbocycles. The van der Waals surface area contributed by atoms with Crippen molar-refractivity contribution >= 4 is 11.6 Å². The summed E-state index contributed by atoms with van der Waals surface area (Å²) in [4.78, 5) is 19.9. The first kappa shape index (κ1) is 12.0. The number of rotatable bonds is 3. The predicted molar refractivity (Wildman–Crippen MR) is 68.8 cm³/mol. The minimum atomic E-state index is -0.230. The molecule has 0 aliphatic heterocycles. The second kappa shape index (κ2) is 5.27. The third kappa shape index (κ3) is 2.82. The van der Waals surface area contributed by atoms with E-state index in [1.165, 1.54) is 6.20 Å². The summed E-state index contributed by atoms with van der Waals surface area (Å²) in [5, 5.41) is 2.85. The zero-order valence-electron chi connectivity index (χ0n) is 10.00. The van der Waals surface area contributed by atoms with Gasteiger partial charge in [0.1, 0.15) is 5.69 Å². The lowest BCUT2D eigenvalue weighted by Crippen LogP contribution is -2.27. The fourth-order valence-corrected chi connectivity index (χ4v) is 1.53. The Bertz CT molecular complexity index is 524. The summed E-state index contributed by atoms with van der Waals surface area (Å²) >= 11 is 0. The smallest absolute Gasteiger partial charge is 0.270 e. The van der Waals surface area contributed by atoms with Gasteiger partial charge >= 0.3 is 0 Å². The first-order valence-electron chi connectivity index (χ1n) is 5.59. The first-order valence-corrected chi connectivity index (χ1v) is 5.59. The molecule has 3 N–H and O–H groups in total. The zero-order valence-corrected chi connectivity index (χ0v) is 10.00. The van der Waals surface area contributed by atoms with Crippen LogP contribution in [-0.2, 0) is 0 Å². The number of amides is 1. The summed E-state index contributed by atoms with van der Waals surface area (Å²) in [7, 11) is 0. The van der Waals surface area contributed by atoms with Gasteiger partial charge in [-0.15, -0.1) is 0 Å². The molecule has 5 heteroatoms. The third-order valence-electron chi connectivity index (χ3n) is 2.55. The van der Waals surface area contributed by atoms with E-state index in [0.717, 1.165) is 5.56 Å². The van der Waals surface area contributed by atoms with Crippen LogP contribution in [0.5, 0.6) is 0 Å². The van der Waals surface area contributed by atoms with Crippen molar-refractivity contribution < 1.29 is 4.79 Å². The topological polar surface area (TPSA) is 80.9 Å². The lowest BCUT2D eigenvalue weighted by Gasteiger charge is -2.13. The van der Waals surface area contributed by atoms with Crippen LogP contribution in [0.2, 0.25) is 0 Å². The average molecular weight is 242 g/mol. The van der Waals surface area contributed by atoms with Crippen LogP contribution in [-0.4, -0.2) is 15.9 Å². The molecular weight excluding hydrogens is 228 g/mol. The van der Waals surface area contributed by atoms with Gasteiger partial charge in [-0.1, -0.05) is 6.07 Å². The normalized spacial score (nSPS) is 11.8. The number of hydrogen-bond acceptors (Lipinski definition) is 4. The molecular formula is C13H14N4O. The Labute approximate surface area is 105 Å². The molecule has 0 aliphatic rings. The van der Waals surface area contributed by atoms with Crippen LogP contribution in [0.4, 0.5) is 5.69 Å². The lowest BCUT2D eigenvalue weighted by molar-refractivity contribution is 0.0935. The highest BCUT2D eigenvalue weighted by Gasteiger charge is 2.12. The van der Waals surface area contributed by atoms with E-state index in [1.807, 2.05) is 19.1 Å². The van der Waals surface area contributed by atoms with Crippen molar-refractivity contribution in [2.24, 2.45) is 0 Å². The monoisotopic (exact) mass is 242 g/mol. The maximum atomic E-state index is 11.9. The molecule has 1 unspecified atom stereocenters. The second-order valence-electron chi connectivity index (χ2n) is 3.96. The van der Waals surface area contributed by atoms with Gasteiger partial charge in [0.15, 0.2) is 0 Å². The van der Waals surface area contributed by atoms with Crippen molar-refractivity contribution in [3.05, 3.63) is 54.1 Å². The summed E-state index contributed by atoms with van der Waals surface area (Å²) in [6, 6.07) is 6.87. The second-order valence-corrected chi connectivity index (χ2v) is 3.96. The summed E-state index contributed by atoms with van der Waals surface area (Å²) in [5.41, 5.74) is 7.34. The highest BCUT2D eigenvalue weighted by atomic mass is 16.1. The van der Waals surface area contributed by atoms with Gasteiger partial charge in [-0.05, 0) is 30.7 Å². The molecule has 2 rings (SSSR count). The lowest BCUT2D eigenvalue weighted by atomic mass is 10.1. The number of carbonyl (C=O) groups excluding carboxylic acids is 1. The SMILES string of the molecule is CC(NC(=O)c1ccc(N)cn1)c1cccnc1. The molecule has 0 fully saturated rings. The Kier molecular flexibility index (Phi) is 3.52. The number of anilines is 1. The van der Waals surface area contributed by atoms with Gasteiger partial charge in [-0.3, -0.25) is 9.78 Å². The van der Waals surface area contributed by atoms with Crippen molar-refractivity contribution in [2.45, 2.75) is 13.0 Å². The Morgan fingerprint density at radius 1 is 1.33 bits per heavy atom. The highest BCUT2D eigenvalue weighted by molar-refractivity contribution is 5.92. The van der Waals surface area contributed by atoms with Crippen LogP contribution in [0.15, 0.2) is 42.9 Å². The summed E-state index contributed by atoms with van der Waals surface area (Å²) in [6.07, 6.45) is 4.88. The van der Waals surface area contributed by atoms with Gasteiger partial charge in [0.2, 0.25) is 0 Å². The molecule has 92 valence electrons. The number of hydrogen-bond donors (Lipinski definition) is 2. The Hall–Kier alpha value is -2.43. The van der Waals surface area contributed by atoms with Crippen molar-refractivity contribution in [1.82, 2.24) is 15.3 Å². The van der Waals surface area contributed by atoms with E-state index in [1.54, 1.807) is 24.5 Å². The molecule has 5 nitrogen and oxygen atoms in total. The van der Waals surface area contributed by atoms with Gasteiger partial charge in [-0.25, -0.2) is 4.98 Å². The highest BCUT2D eigenvalue weighted by Crippen LogP contribution is 2.11. The molecule has 2 aromatic rings. The van der Waals surface area contributed by atoms with E-state index in [4.69, 9.17) is 5.73 Å².